The number of hydrogen-bond acceptors (Lipinski definition) is 4. The van der Waals surface area contributed by atoms with E-state index in [9.17, 15) is 15.0 Å². The van der Waals surface area contributed by atoms with Crippen LogP contribution in [0.15, 0.2) is 48.6 Å². The smallest absolute Gasteiger partial charge is 0.305 e. The Labute approximate surface area is 152 Å². The third kappa shape index (κ3) is 15.6. The van der Waals surface area contributed by atoms with E-state index < -0.39 is 12.2 Å². The molecule has 0 amide bonds. The predicted molar refractivity (Wildman–Crippen MR) is 103 cm³/mol. The van der Waals surface area contributed by atoms with Crippen LogP contribution in [0.25, 0.3) is 0 Å². The number of hydrogen-bond donors (Lipinski definition) is 2. The fraction of sp³-hybridized carbons (Fsp3) is 0.571. The number of rotatable bonds is 14. The summed E-state index contributed by atoms with van der Waals surface area (Å²) in [5, 5.41) is 19.6. The second-order valence-electron chi connectivity index (χ2n) is 5.93. The first kappa shape index (κ1) is 23.4. The molecule has 2 N–H and O–H groups in total. The summed E-state index contributed by atoms with van der Waals surface area (Å²) < 4.78 is 4.52. The highest BCUT2D eigenvalue weighted by atomic mass is 16.5. The third-order valence-electron chi connectivity index (χ3n) is 3.69. The fourth-order valence-corrected chi connectivity index (χ4v) is 2.12. The first-order valence-corrected chi connectivity index (χ1v) is 9.19. The molecule has 0 aromatic heterocycles. The summed E-state index contributed by atoms with van der Waals surface area (Å²) in [5.74, 6) is -0.303. The third-order valence-corrected chi connectivity index (χ3v) is 3.69. The van der Waals surface area contributed by atoms with Gasteiger partial charge in [0.05, 0.1) is 19.3 Å². The van der Waals surface area contributed by atoms with Crippen molar-refractivity contribution in [2.24, 2.45) is 0 Å². The summed E-state index contributed by atoms with van der Waals surface area (Å²) >= 11 is 0. The first-order chi connectivity index (χ1) is 12.1. The van der Waals surface area contributed by atoms with E-state index in [0.717, 1.165) is 12.8 Å². The number of allylic oxidation sites excluding steroid dienone is 7. The number of aliphatic hydroxyl groups excluding tert-OH is 2. The van der Waals surface area contributed by atoms with Gasteiger partial charge in [-0.25, -0.2) is 0 Å². The van der Waals surface area contributed by atoms with Crippen molar-refractivity contribution in [3.05, 3.63) is 48.6 Å². The van der Waals surface area contributed by atoms with Gasteiger partial charge in [0.1, 0.15) is 0 Å². The van der Waals surface area contributed by atoms with Gasteiger partial charge in [-0.2, -0.15) is 0 Å². The SMILES string of the molecule is CCCCC/C=C\C\C=C/C=C/C=C/C(O)C(O)CCCC(=O)OC. The Hall–Kier alpha value is -1.65. The van der Waals surface area contributed by atoms with E-state index in [2.05, 4.69) is 29.9 Å². The van der Waals surface area contributed by atoms with Crippen molar-refractivity contribution in [2.75, 3.05) is 7.11 Å². The zero-order valence-electron chi connectivity index (χ0n) is 15.6. The lowest BCUT2D eigenvalue weighted by atomic mass is 10.1. The minimum atomic E-state index is -0.933. The molecule has 4 nitrogen and oxygen atoms in total. The van der Waals surface area contributed by atoms with E-state index >= 15 is 0 Å². The van der Waals surface area contributed by atoms with Gasteiger partial charge in [0.25, 0.3) is 0 Å². The van der Waals surface area contributed by atoms with Crippen molar-refractivity contribution in [3.63, 3.8) is 0 Å². The van der Waals surface area contributed by atoms with Crippen LogP contribution in [-0.2, 0) is 9.53 Å². The van der Waals surface area contributed by atoms with Crippen molar-refractivity contribution in [2.45, 2.75) is 70.5 Å². The summed E-state index contributed by atoms with van der Waals surface area (Å²) in [7, 11) is 1.33. The Morgan fingerprint density at radius 1 is 1.00 bits per heavy atom. The van der Waals surface area contributed by atoms with Crippen molar-refractivity contribution < 1.29 is 19.7 Å². The van der Waals surface area contributed by atoms with Crippen molar-refractivity contribution in [3.8, 4) is 0 Å². The minimum absolute atomic E-state index is 0.252. The molecule has 4 heteroatoms. The molecule has 0 saturated carbocycles. The van der Waals surface area contributed by atoms with Crippen molar-refractivity contribution in [1.82, 2.24) is 0 Å². The van der Waals surface area contributed by atoms with E-state index in [-0.39, 0.29) is 12.4 Å². The van der Waals surface area contributed by atoms with Gasteiger partial charge >= 0.3 is 5.97 Å². The number of esters is 1. The number of aliphatic hydroxyl groups is 2. The van der Waals surface area contributed by atoms with Crippen LogP contribution in [0.5, 0.6) is 0 Å². The molecule has 0 aliphatic rings. The van der Waals surface area contributed by atoms with Crippen LogP contribution in [0, 0.1) is 0 Å². The first-order valence-electron chi connectivity index (χ1n) is 9.19. The van der Waals surface area contributed by atoms with Gasteiger partial charge in [-0.15, -0.1) is 0 Å². The number of ether oxygens (including phenoxy) is 1. The van der Waals surface area contributed by atoms with Crippen LogP contribution < -0.4 is 0 Å². The Kier molecular flexibility index (Phi) is 16.0. The van der Waals surface area contributed by atoms with Crippen LogP contribution in [0.3, 0.4) is 0 Å². The van der Waals surface area contributed by atoms with E-state index in [0.29, 0.717) is 12.8 Å². The maximum Gasteiger partial charge on any atom is 0.305 e. The molecule has 2 atom stereocenters. The fourth-order valence-electron chi connectivity index (χ4n) is 2.12. The number of methoxy groups -OCH3 is 1. The molecule has 142 valence electrons. The summed E-state index contributed by atoms with van der Waals surface area (Å²) in [4.78, 5) is 11.0. The Morgan fingerprint density at radius 3 is 2.48 bits per heavy atom. The standard InChI is InChI=1S/C21H34O4/c1-3-4-5-6-7-8-9-10-11-12-13-14-16-19(22)20(23)17-15-18-21(24)25-2/h7-8,10-14,16,19-20,22-23H,3-6,9,15,17-18H2,1-2H3/b8-7-,11-10-,13-12+,16-14+. The van der Waals surface area contributed by atoms with E-state index in [1.807, 2.05) is 18.2 Å². The van der Waals surface area contributed by atoms with E-state index in [1.165, 1.54) is 26.4 Å². The lowest BCUT2D eigenvalue weighted by molar-refractivity contribution is -0.140. The largest absolute Gasteiger partial charge is 0.469 e. The Balaban J connectivity index is 3.83. The zero-order chi connectivity index (χ0) is 18.8. The maximum absolute atomic E-state index is 11.0. The number of unbranched alkanes of at least 4 members (excludes halogenated alkanes) is 3. The molecule has 0 aromatic rings. The van der Waals surface area contributed by atoms with Crippen LogP contribution >= 0.6 is 0 Å². The van der Waals surface area contributed by atoms with E-state index in [1.54, 1.807) is 12.2 Å². The number of carbonyl (C=O) groups excluding carboxylic acids is 1. The quantitative estimate of drug-likeness (QED) is 0.213. The second-order valence-corrected chi connectivity index (χ2v) is 5.93. The average molecular weight is 350 g/mol. The number of carbonyl (C=O) groups is 1. The summed E-state index contributed by atoms with van der Waals surface area (Å²) in [5.41, 5.74) is 0. The molecule has 0 aromatic carbocycles. The van der Waals surface area contributed by atoms with Crippen LogP contribution in [-0.4, -0.2) is 35.5 Å². The monoisotopic (exact) mass is 350 g/mol. The zero-order valence-corrected chi connectivity index (χ0v) is 15.6. The van der Waals surface area contributed by atoms with Gasteiger partial charge in [-0.05, 0) is 32.1 Å². The topological polar surface area (TPSA) is 66.8 Å². The van der Waals surface area contributed by atoms with Gasteiger partial charge in [-0.1, -0.05) is 68.4 Å². The minimum Gasteiger partial charge on any atom is -0.469 e. The highest BCUT2D eigenvalue weighted by Gasteiger charge is 2.13. The summed E-state index contributed by atoms with van der Waals surface area (Å²) in [6, 6.07) is 0. The Morgan fingerprint density at radius 2 is 1.76 bits per heavy atom. The molecule has 0 spiro atoms. The summed E-state index contributed by atoms with van der Waals surface area (Å²) in [6.07, 6.45) is 20.5. The molecule has 0 rings (SSSR count). The van der Waals surface area contributed by atoms with Crippen LogP contribution in [0.2, 0.25) is 0 Å². The highest BCUT2D eigenvalue weighted by molar-refractivity contribution is 5.68. The Bertz CT molecular complexity index is 435. The maximum atomic E-state index is 11.0. The van der Waals surface area contributed by atoms with Gasteiger partial charge in [0, 0.05) is 6.42 Å². The van der Waals surface area contributed by atoms with Crippen LogP contribution in [0.1, 0.15) is 58.3 Å². The molecule has 0 saturated heterocycles. The molecule has 0 fully saturated rings. The molecule has 0 bridgehead atoms. The second kappa shape index (κ2) is 17.2. The van der Waals surface area contributed by atoms with E-state index in [4.69, 9.17) is 0 Å². The predicted octanol–water partition coefficient (Wildman–Crippen LogP) is 4.25. The van der Waals surface area contributed by atoms with Crippen molar-refractivity contribution in [1.29, 1.82) is 0 Å². The highest BCUT2D eigenvalue weighted by Crippen LogP contribution is 2.07. The normalized spacial score (nSPS) is 14.9. The molecular weight excluding hydrogens is 316 g/mol. The van der Waals surface area contributed by atoms with Crippen molar-refractivity contribution >= 4 is 5.97 Å². The van der Waals surface area contributed by atoms with Crippen LogP contribution in [0.4, 0.5) is 0 Å². The van der Waals surface area contributed by atoms with Gasteiger partial charge in [0.15, 0.2) is 0 Å². The molecule has 0 aliphatic heterocycles. The summed E-state index contributed by atoms with van der Waals surface area (Å²) in [6.45, 7) is 2.21. The molecule has 0 heterocycles. The van der Waals surface area contributed by atoms with Gasteiger partial charge in [-0.3, -0.25) is 4.79 Å². The lowest BCUT2D eigenvalue weighted by Gasteiger charge is -2.13. The van der Waals surface area contributed by atoms with Gasteiger partial charge < -0.3 is 14.9 Å². The molecule has 0 aliphatic carbocycles. The molecular formula is C21H34O4. The van der Waals surface area contributed by atoms with Gasteiger partial charge in [0.2, 0.25) is 0 Å². The molecule has 0 radical (unpaired) electrons. The molecule has 25 heavy (non-hydrogen) atoms. The average Bonchev–Trinajstić information content (AvgIpc) is 2.62. The molecule has 2 unspecified atom stereocenters. The lowest BCUT2D eigenvalue weighted by Crippen LogP contribution is -2.23.